The van der Waals surface area contributed by atoms with Gasteiger partial charge in [0.15, 0.2) is 0 Å². The number of rotatable bonds is 4. The molecule has 130 valence electrons. The Bertz CT molecular complexity index is 678. The number of amides is 1. The van der Waals surface area contributed by atoms with Gasteiger partial charge in [-0.1, -0.05) is 5.16 Å². The lowest BCUT2D eigenvalue weighted by molar-refractivity contribution is 0.0287. The van der Waals surface area contributed by atoms with E-state index in [-0.39, 0.29) is 6.09 Å². The standard InChI is InChI=1S/C16H22N4O3S/c1-16(2,3)22-15(21)20-7-6-11(9-20)4-5-13-18-14(19-23-13)12-8-17-10-24-12/h8,10-11H,4-7,9H2,1-3H3. The molecule has 1 fully saturated rings. The first-order chi connectivity index (χ1) is 11.4. The number of aryl methyl sites for hydroxylation is 1. The topological polar surface area (TPSA) is 81.4 Å². The minimum absolute atomic E-state index is 0.227. The SMILES string of the molecule is CC(C)(C)OC(=O)N1CCC(CCc2nc(-c3cncs3)no2)C1. The van der Waals surface area contributed by atoms with E-state index in [0.717, 1.165) is 37.2 Å². The summed E-state index contributed by atoms with van der Waals surface area (Å²) in [6, 6.07) is 0. The molecule has 2 aromatic heterocycles. The van der Waals surface area contributed by atoms with Crippen molar-refractivity contribution in [2.24, 2.45) is 5.92 Å². The zero-order chi connectivity index (χ0) is 17.2. The van der Waals surface area contributed by atoms with Crippen molar-refractivity contribution in [1.82, 2.24) is 20.0 Å². The molecule has 0 aliphatic carbocycles. The maximum Gasteiger partial charge on any atom is 0.410 e. The lowest BCUT2D eigenvalue weighted by Gasteiger charge is -2.24. The van der Waals surface area contributed by atoms with Crippen molar-refractivity contribution in [3.05, 3.63) is 17.6 Å². The molecule has 3 heterocycles. The summed E-state index contributed by atoms with van der Waals surface area (Å²) in [7, 11) is 0. The van der Waals surface area contributed by atoms with Crippen LogP contribution in [0.2, 0.25) is 0 Å². The van der Waals surface area contributed by atoms with E-state index in [2.05, 4.69) is 15.1 Å². The van der Waals surface area contributed by atoms with Crippen LogP contribution in [-0.2, 0) is 11.2 Å². The molecular formula is C16H22N4O3S. The summed E-state index contributed by atoms with van der Waals surface area (Å²) in [5, 5.41) is 3.99. The molecule has 1 aliphatic heterocycles. The molecule has 0 N–H and O–H groups in total. The highest BCUT2D eigenvalue weighted by molar-refractivity contribution is 7.13. The van der Waals surface area contributed by atoms with Crippen LogP contribution in [0.15, 0.2) is 16.2 Å². The van der Waals surface area contributed by atoms with Crippen LogP contribution < -0.4 is 0 Å². The number of nitrogens with zero attached hydrogens (tertiary/aromatic N) is 4. The van der Waals surface area contributed by atoms with Gasteiger partial charge in [0.05, 0.1) is 10.4 Å². The predicted molar refractivity (Wildman–Crippen MR) is 89.6 cm³/mol. The number of carbonyl (C=O) groups is 1. The Kier molecular flexibility index (Phi) is 4.84. The van der Waals surface area contributed by atoms with Crippen LogP contribution in [0.5, 0.6) is 0 Å². The Morgan fingerprint density at radius 3 is 3.04 bits per heavy atom. The summed E-state index contributed by atoms with van der Waals surface area (Å²) < 4.78 is 10.7. The number of hydrogen-bond donors (Lipinski definition) is 0. The fourth-order valence-corrected chi connectivity index (χ4v) is 3.22. The summed E-state index contributed by atoms with van der Waals surface area (Å²) >= 11 is 1.49. The van der Waals surface area contributed by atoms with Gasteiger partial charge in [-0.25, -0.2) is 4.79 Å². The first-order valence-corrected chi connectivity index (χ1v) is 8.98. The van der Waals surface area contributed by atoms with E-state index < -0.39 is 5.60 Å². The molecule has 0 bridgehead atoms. The van der Waals surface area contributed by atoms with E-state index in [4.69, 9.17) is 9.26 Å². The van der Waals surface area contributed by atoms with Crippen LogP contribution in [0.3, 0.4) is 0 Å². The van der Waals surface area contributed by atoms with Gasteiger partial charge >= 0.3 is 6.09 Å². The third kappa shape index (κ3) is 4.31. The summed E-state index contributed by atoms with van der Waals surface area (Å²) in [6.45, 7) is 7.12. The zero-order valence-electron chi connectivity index (χ0n) is 14.2. The van der Waals surface area contributed by atoms with Crippen molar-refractivity contribution in [1.29, 1.82) is 0 Å². The molecule has 3 rings (SSSR count). The van der Waals surface area contributed by atoms with E-state index in [1.54, 1.807) is 16.6 Å². The minimum Gasteiger partial charge on any atom is -0.444 e. The highest BCUT2D eigenvalue weighted by Crippen LogP contribution is 2.24. The molecule has 1 atom stereocenters. The number of aromatic nitrogens is 3. The lowest BCUT2D eigenvalue weighted by Crippen LogP contribution is -2.35. The first-order valence-electron chi connectivity index (χ1n) is 8.10. The molecule has 0 saturated carbocycles. The van der Waals surface area contributed by atoms with E-state index >= 15 is 0 Å². The van der Waals surface area contributed by atoms with E-state index in [1.807, 2.05) is 20.8 Å². The van der Waals surface area contributed by atoms with Gasteiger partial charge in [-0.05, 0) is 39.5 Å². The van der Waals surface area contributed by atoms with Crippen LogP contribution in [0, 0.1) is 5.92 Å². The Morgan fingerprint density at radius 2 is 2.33 bits per heavy atom. The van der Waals surface area contributed by atoms with Gasteiger partial charge in [0.25, 0.3) is 0 Å². The monoisotopic (exact) mass is 350 g/mol. The number of ether oxygens (including phenoxy) is 1. The second kappa shape index (κ2) is 6.88. The zero-order valence-corrected chi connectivity index (χ0v) is 15.0. The van der Waals surface area contributed by atoms with Crippen molar-refractivity contribution < 1.29 is 14.1 Å². The minimum atomic E-state index is -0.452. The molecule has 1 aliphatic rings. The molecule has 0 aromatic carbocycles. The summed E-state index contributed by atoms with van der Waals surface area (Å²) in [5.74, 6) is 1.67. The Hall–Kier alpha value is -1.96. The number of thiazole rings is 1. The number of hydrogen-bond acceptors (Lipinski definition) is 7. The Morgan fingerprint density at radius 1 is 1.50 bits per heavy atom. The van der Waals surface area contributed by atoms with Gasteiger partial charge in [0, 0.05) is 25.7 Å². The third-order valence-electron chi connectivity index (χ3n) is 3.82. The summed E-state index contributed by atoms with van der Waals surface area (Å²) in [6.07, 6.45) is 4.13. The highest BCUT2D eigenvalue weighted by atomic mass is 32.1. The molecule has 0 spiro atoms. The van der Waals surface area contributed by atoms with Crippen molar-refractivity contribution >= 4 is 17.4 Å². The molecule has 7 nitrogen and oxygen atoms in total. The van der Waals surface area contributed by atoms with Gasteiger partial charge in [-0.2, -0.15) is 4.98 Å². The smallest absolute Gasteiger partial charge is 0.410 e. The fourth-order valence-electron chi connectivity index (χ4n) is 2.67. The van der Waals surface area contributed by atoms with E-state index in [1.165, 1.54) is 11.3 Å². The van der Waals surface area contributed by atoms with Gasteiger partial charge < -0.3 is 14.2 Å². The predicted octanol–water partition coefficient (Wildman–Crippen LogP) is 3.38. The second-order valence-corrected chi connectivity index (χ2v) is 7.88. The van der Waals surface area contributed by atoms with Crippen LogP contribution in [0.1, 0.15) is 39.5 Å². The quantitative estimate of drug-likeness (QED) is 0.841. The van der Waals surface area contributed by atoms with Crippen LogP contribution in [-0.4, -0.2) is 44.8 Å². The molecule has 2 aromatic rings. The highest BCUT2D eigenvalue weighted by Gasteiger charge is 2.29. The molecular weight excluding hydrogens is 328 g/mol. The van der Waals surface area contributed by atoms with E-state index in [9.17, 15) is 4.79 Å². The van der Waals surface area contributed by atoms with Gasteiger partial charge in [-0.15, -0.1) is 11.3 Å². The van der Waals surface area contributed by atoms with Crippen molar-refractivity contribution in [2.75, 3.05) is 13.1 Å². The maximum atomic E-state index is 12.1. The number of likely N-dealkylation sites (tertiary alicyclic amines) is 1. The van der Waals surface area contributed by atoms with Gasteiger partial charge in [0.2, 0.25) is 11.7 Å². The first kappa shape index (κ1) is 16.9. The average Bonchev–Trinajstić information content (AvgIpc) is 3.24. The molecule has 24 heavy (non-hydrogen) atoms. The third-order valence-corrected chi connectivity index (χ3v) is 4.59. The Labute approximate surface area is 145 Å². The molecule has 1 amide bonds. The van der Waals surface area contributed by atoms with Crippen molar-refractivity contribution in [2.45, 2.75) is 45.6 Å². The van der Waals surface area contributed by atoms with Crippen molar-refractivity contribution in [3.8, 4) is 10.7 Å². The number of carbonyl (C=O) groups excluding carboxylic acids is 1. The lowest BCUT2D eigenvalue weighted by atomic mass is 10.0. The van der Waals surface area contributed by atoms with Gasteiger partial charge in [0.1, 0.15) is 5.60 Å². The van der Waals surface area contributed by atoms with Gasteiger partial charge in [-0.3, -0.25) is 4.98 Å². The Balaban J connectivity index is 1.47. The maximum absolute atomic E-state index is 12.1. The summed E-state index contributed by atoms with van der Waals surface area (Å²) in [4.78, 5) is 23.2. The second-order valence-electron chi connectivity index (χ2n) is 7.00. The molecule has 0 radical (unpaired) electrons. The average molecular weight is 350 g/mol. The summed E-state index contributed by atoms with van der Waals surface area (Å²) in [5.41, 5.74) is 1.29. The van der Waals surface area contributed by atoms with E-state index in [0.29, 0.717) is 17.6 Å². The largest absolute Gasteiger partial charge is 0.444 e. The molecule has 1 saturated heterocycles. The van der Waals surface area contributed by atoms with Crippen LogP contribution in [0.4, 0.5) is 4.79 Å². The molecule has 8 heteroatoms. The van der Waals surface area contributed by atoms with Crippen LogP contribution in [0.25, 0.3) is 10.7 Å². The molecule has 1 unspecified atom stereocenters. The fraction of sp³-hybridized carbons (Fsp3) is 0.625. The van der Waals surface area contributed by atoms with Crippen molar-refractivity contribution in [3.63, 3.8) is 0 Å². The normalized spacial score (nSPS) is 18.1. The van der Waals surface area contributed by atoms with Crippen LogP contribution >= 0.6 is 11.3 Å².